The number of fused-ring (bicyclic) bond motifs is 2. The van der Waals surface area contributed by atoms with E-state index in [4.69, 9.17) is 19.4 Å². The molecule has 0 radical (unpaired) electrons. The Morgan fingerprint density at radius 1 is 0.875 bits per heavy atom. The van der Waals surface area contributed by atoms with E-state index >= 15 is 0 Å². The lowest BCUT2D eigenvalue weighted by molar-refractivity contribution is 0.297. The van der Waals surface area contributed by atoms with E-state index in [-0.39, 0.29) is 6.04 Å². The fourth-order valence-electron chi connectivity index (χ4n) is 4.66. The number of aromatic nitrogens is 3. The summed E-state index contributed by atoms with van der Waals surface area (Å²) >= 11 is 0. The molecule has 4 heterocycles. The van der Waals surface area contributed by atoms with Gasteiger partial charge in [0.1, 0.15) is 5.82 Å². The number of anilines is 1. The first-order valence-corrected chi connectivity index (χ1v) is 11.2. The molecular weight excluding hydrogens is 400 g/mol. The molecule has 0 N–H and O–H groups in total. The van der Waals surface area contributed by atoms with Gasteiger partial charge in [-0.15, -0.1) is 0 Å². The highest BCUT2D eigenvalue weighted by Gasteiger charge is 2.30. The molecule has 0 aliphatic carbocycles. The molecule has 2 aromatic heterocycles. The highest BCUT2D eigenvalue weighted by Crippen LogP contribution is 2.41. The van der Waals surface area contributed by atoms with Crippen molar-refractivity contribution in [1.82, 2.24) is 15.0 Å². The van der Waals surface area contributed by atoms with E-state index in [1.54, 1.807) is 6.20 Å². The number of nitrogens with zero attached hydrogens (tertiary/aromatic N) is 4. The van der Waals surface area contributed by atoms with E-state index in [0.29, 0.717) is 19.0 Å². The molecule has 2 aliphatic rings. The van der Waals surface area contributed by atoms with E-state index in [1.165, 1.54) is 5.56 Å². The van der Waals surface area contributed by atoms with Crippen LogP contribution in [0.1, 0.15) is 30.9 Å². The molecule has 160 valence electrons. The predicted octanol–water partition coefficient (Wildman–Crippen LogP) is 5.19. The van der Waals surface area contributed by atoms with Crippen molar-refractivity contribution in [2.45, 2.75) is 25.3 Å². The number of hydrogen-bond acceptors (Lipinski definition) is 6. The van der Waals surface area contributed by atoms with Crippen molar-refractivity contribution in [2.75, 3.05) is 24.7 Å². The first kappa shape index (κ1) is 19.0. The molecule has 6 nitrogen and oxygen atoms in total. The zero-order chi connectivity index (χ0) is 21.3. The predicted molar refractivity (Wildman–Crippen MR) is 124 cm³/mol. The molecule has 0 saturated carbocycles. The van der Waals surface area contributed by atoms with Gasteiger partial charge in [0.15, 0.2) is 17.3 Å². The third-order valence-electron chi connectivity index (χ3n) is 6.18. The van der Waals surface area contributed by atoms with Crippen molar-refractivity contribution in [3.8, 4) is 22.9 Å². The Bertz CT molecular complexity index is 1260. The lowest BCUT2D eigenvalue weighted by Gasteiger charge is -2.28. The van der Waals surface area contributed by atoms with Gasteiger partial charge in [-0.2, -0.15) is 0 Å². The topological polar surface area (TPSA) is 60.4 Å². The van der Waals surface area contributed by atoms with Crippen molar-refractivity contribution < 1.29 is 9.47 Å². The Morgan fingerprint density at radius 2 is 1.78 bits per heavy atom. The van der Waals surface area contributed by atoms with Crippen molar-refractivity contribution >= 4 is 16.7 Å². The van der Waals surface area contributed by atoms with Gasteiger partial charge in [-0.3, -0.25) is 4.98 Å². The summed E-state index contributed by atoms with van der Waals surface area (Å²) in [7, 11) is 0. The van der Waals surface area contributed by atoms with Crippen LogP contribution >= 0.6 is 0 Å². The Hall–Kier alpha value is -3.67. The van der Waals surface area contributed by atoms with Gasteiger partial charge in [0.25, 0.3) is 0 Å². The van der Waals surface area contributed by atoms with Crippen LogP contribution in [-0.4, -0.2) is 34.7 Å². The second kappa shape index (κ2) is 8.11. The molecular formula is C26H24N4O2. The lowest BCUT2D eigenvalue weighted by Crippen LogP contribution is -2.24. The second-order valence-electron chi connectivity index (χ2n) is 8.24. The molecule has 2 aromatic carbocycles. The number of ether oxygens (including phenoxy) is 2. The normalized spacial score (nSPS) is 18.0. The Balaban J connectivity index is 1.45. The molecule has 4 aromatic rings. The van der Waals surface area contributed by atoms with Crippen molar-refractivity contribution in [1.29, 1.82) is 0 Å². The van der Waals surface area contributed by atoms with Gasteiger partial charge in [-0.1, -0.05) is 18.2 Å². The molecule has 6 rings (SSSR count). The third-order valence-corrected chi connectivity index (χ3v) is 6.18. The molecule has 6 heteroatoms. The summed E-state index contributed by atoms with van der Waals surface area (Å²) in [6.45, 7) is 2.34. The van der Waals surface area contributed by atoms with Gasteiger partial charge in [0.2, 0.25) is 0 Å². The van der Waals surface area contributed by atoms with Crippen LogP contribution < -0.4 is 14.4 Å². The minimum Gasteiger partial charge on any atom is -0.490 e. The van der Waals surface area contributed by atoms with Crippen molar-refractivity contribution in [3.63, 3.8) is 0 Å². The molecule has 2 aliphatic heterocycles. The van der Waals surface area contributed by atoms with Crippen LogP contribution in [0.25, 0.3) is 22.3 Å². The van der Waals surface area contributed by atoms with E-state index in [0.717, 1.165) is 59.6 Å². The average Bonchev–Trinajstić information content (AvgIpc) is 3.22. The van der Waals surface area contributed by atoms with Crippen LogP contribution in [0.5, 0.6) is 11.5 Å². The van der Waals surface area contributed by atoms with Crippen molar-refractivity contribution in [2.24, 2.45) is 0 Å². The molecule has 1 atom stereocenters. The van der Waals surface area contributed by atoms with Crippen molar-refractivity contribution in [3.05, 3.63) is 72.6 Å². The minimum absolute atomic E-state index is 0.229. The highest BCUT2D eigenvalue weighted by atomic mass is 16.5. The highest BCUT2D eigenvalue weighted by molar-refractivity contribution is 5.91. The fraction of sp³-hybridized carbons (Fsp3) is 0.269. The largest absolute Gasteiger partial charge is 0.490 e. The molecule has 0 bridgehead atoms. The standard InChI is InChI=1S/C26H24N4O2/c1-2-8-21-20(7-1)26(29-25(28-21)19-6-3-12-27-17-19)30-13-4-9-22(30)18-10-11-23-24(16-18)32-15-5-14-31-23/h1-3,6-8,10-12,16-17,22H,4-5,9,13-15H2/t22-/m1/s1. The van der Waals surface area contributed by atoms with Gasteiger partial charge < -0.3 is 14.4 Å². The molecule has 0 spiro atoms. The quantitative estimate of drug-likeness (QED) is 0.451. The number of rotatable bonds is 3. The minimum atomic E-state index is 0.229. The summed E-state index contributed by atoms with van der Waals surface area (Å²) in [6.07, 6.45) is 6.68. The maximum absolute atomic E-state index is 5.96. The van der Waals surface area contributed by atoms with Crippen LogP contribution in [0, 0.1) is 0 Å². The van der Waals surface area contributed by atoms with Gasteiger partial charge >= 0.3 is 0 Å². The van der Waals surface area contributed by atoms with Gasteiger partial charge in [0, 0.05) is 36.3 Å². The van der Waals surface area contributed by atoms with E-state index < -0.39 is 0 Å². The first-order chi connectivity index (χ1) is 15.9. The first-order valence-electron chi connectivity index (χ1n) is 11.2. The maximum Gasteiger partial charge on any atom is 0.163 e. The van der Waals surface area contributed by atoms with Crippen LogP contribution in [0.4, 0.5) is 5.82 Å². The molecule has 32 heavy (non-hydrogen) atoms. The zero-order valence-electron chi connectivity index (χ0n) is 17.8. The monoisotopic (exact) mass is 424 g/mol. The van der Waals surface area contributed by atoms with E-state index in [2.05, 4.69) is 40.2 Å². The summed E-state index contributed by atoms with van der Waals surface area (Å²) in [5, 5.41) is 1.07. The molecule has 1 fully saturated rings. The van der Waals surface area contributed by atoms with Gasteiger partial charge in [0.05, 0.1) is 24.8 Å². The zero-order valence-corrected chi connectivity index (χ0v) is 17.8. The average molecular weight is 425 g/mol. The smallest absolute Gasteiger partial charge is 0.163 e. The van der Waals surface area contributed by atoms with Gasteiger partial charge in [-0.25, -0.2) is 9.97 Å². The summed E-state index contributed by atoms with van der Waals surface area (Å²) in [5.74, 6) is 3.36. The third kappa shape index (κ3) is 3.42. The Kier molecular flexibility index (Phi) is 4.83. The van der Waals surface area contributed by atoms with Crippen LogP contribution in [0.3, 0.4) is 0 Å². The summed E-state index contributed by atoms with van der Waals surface area (Å²) in [4.78, 5) is 16.6. The van der Waals surface area contributed by atoms with E-state index in [9.17, 15) is 0 Å². The van der Waals surface area contributed by atoms with Crippen LogP contribution in [-0.2, 0) is 0 Å². The SMILES string of the molecule is c1cncc(-c2nc(N3CCC[C@@H]3c3ccc4c(c3)OCCCO4)c3ccccc3n2)c1. The molecule has 0 amide bonds. The van der Waals surface area contributed by atoms with E-state index in [1.807, 2.05) is 30.5 Å². The number of benzene rings is 2. The maximum atomic E-state index is 5.96. The van der Waals surface area contributed by atoms with Crippen LogP contribution in [0.2, 0.25) is 0 Å². The summed E-state index contributed by atoms with van der Waals surface area (Å²) < 4.78 is 11.8. The number of hydrogen-bond donors (Lipinski definition) is 0. The molecule has 1 saturated heterocycles. The number of pyridine rings is 1. The molecule has 0 unspecified atom stereocenters. The van der Waals surface area contributed by atoms with Crippen LogP contribution in [0.15, 0.2) is 67.0 Å². The Labute approximate surface area is 186 Å². The fourth-order valence-corrected chi connectivity index (χ4v) is 4.66. The van der Waals surface area contributed by atoms with Gasteiger partial charge in [-0.05, 0) is 54.8 Å². The summed E-state index contributed by atoms with van der Waals surface area (Å²) in [5.41, 5.74) is 3.10. The lowest BCUT2D eigenvalue weighted by atomic mass is 10.0. The summed E-state index contributed by atoms with van der Waals surface area (Å²) in [6, 6.07) is 18.8. The Morgan fingerprint density at radius 3 is 2.69 bits per heavy atom. The second-order valence-corrected chi connectivity index (χ2v) is 8.24. The number of para-hydroxylation sites is 1.